The highest BCUT2D eigenvalue weighted by Crippen LogP contribution is 2.18. The summed E-state index contributed by atoms with van der Waals surface area (Å²) in [7, 11) is 0. The quantitative estimate of drug-likeness (QED) is 0.527. The predicted molar refractivity (Wildman–Crippen MR) is 113 cm³/mol. The molecule has 0 fully saturated rings. The van der Waals surface area contributed by atoms with Crippen LogP contribution in [0.5, 0.6) is 5.75 Å². The van der Waals surface area contributed by atoms with Crippen molar-refractivity contribution in [3.05, 3.63) is 88.9 Å². The van der Waals surface area contributed by atoms with Gasteiger partial charge in [-0.2, -0.15) is 0 Å². The third-order valence-corrected chi connectivity index (χ3v) is 4.45. The van der Waals surface area contributed by atoms with Gasteiger partial charge in [-0.3, -0.25) is 4.79 Å². The number of carbonyl (C=O) groups excluding carboxylic acids is 1. The summed E-state index contributed by atoms with van der Waals surface area (Å²) >= 11 is 3.37. The van der Waals surface area contributed by atoms with Crippen molar-refractivity contribution in [3.63, 3.8) is 0 Å². The van der Waals surface area contributed by atoms with Crippen LogP contribution in [0.15, 0.2) is 83.3 Å². The van der Waals surface area contributed by atoms with Gasteiger partial charge in [0.2, 0.25) is 5.91 Å². The lowest BCUT2D eigenvalue weighted by atomic mass is 10.2. The highest BCUT2D eigenvalue weighted by atomic mass is 79.9. The van der Waals surface area contributed by atoms with Crippen molar-refractivity contribution in [2.45, 2.75) is 6.42 Å². The van der Waals surface area contributed by atoms with E-state index in [1.54, 1.807) is 0 Å². The summed E-state index contributed by atoms with van der Waals surface area (Å²) in [4.78, 5) is 12.1. The van der Waals surface area contributed by atoms with E-state index in [0.717, 1.165) is 28.0 Å². The van der Waals surface area contributed by atoms with E-state index in [1.807, 2.05) is 66.7 Å². The van der Waals surface area contributed by atoms with Gasteiger partial charge < -0.3 is 15.4 Å². The maximum Gasteiger partial charge on any atom is 0.243 e. The Bertz CT molecular complexity index is 867. The fourth-order valence-electron chi connectivity index (χ4n) is 2.55. The number of benzene rings is 3. The third-order valence-electron chi connectivity index (χ3n) is 3.92. The minimum absolute atomic E-state index is 0.104. The van der Waals surface area contributed by atoms with Gasteiger partial charge in [-0.1, -0.05) is 52.3 Å². The van der Waals surface area contributed by atoms with E-state index in [2.05, 4.69) is 38.7 Å². The van der Waals surface area contributed by atoms with Gasteiger partial charge in [0, 0.05) is 28.3 Å². The molecular formula is C22H21BrN2O2. The lowest BCUT2D eigenvalue weighted by molar-refractivity contribution is -0.114. The lowest BCUT2D eigenvalue weighted by Gasteiger charge is -2.10. The van der Waals surface area contributed by atoms with Crippen molar-refractivity contribution in [1.29, 1.82) is 0 Å². The molecule has 0 saturated carbocycles. The van der Waals surface area contributed by atoms with E-state index in [0.29, 0.717) is 6.61 Å². The van der Waals surface area contributed by atoms with Gasteiger partial charge in [-0.25, -0.2) is 0 Å². The Kier molecular flexibility index (Phi) is 6.88. The largest absolute Gasteiger partial charge is 0.493 e. The molecule has 3 aromatic rings. The zero-order chi connectivity index (χ0) is 18.9. The summed E-state index contributed by atoms with van der Waals surface area (Å²) in [6.07, 6.45) is 0.855. The molecule has 3 rings (SSSR count). The number of carbonyl (C=O) groups is 1. The molecule has 0 saturated heterocycles. The third kappa shape index (κ3) is 6.46. The van der Waals surface area contributed by atoms with Crippen LogP contribution in [-0.2, 0) is 11.2 Å². The van der Waals surface area contributed by atoms with Crippen LogP contribution < -0.4 is 15.4 Å². The van der Waals surface area contributed by atoms with Crippen LogP contribution in [0.4, 0.5) is 11.4 Å². The normalized spacial score (nSPS) is 10.3. The van der Waals surface area contributed by atoms with E-state index in [9.17, 15) is 4.79 Å². The van der Waals surface area contributed by atoms with Crippen molar-refractivity contribution in [2.24, 2.45) is 0 Å². The summed E-state index contributed by atoms with van der Waals surface area (Å²) in [6.45, 7) is 0.793. The topological polar surface area (TPSA) is 50.4 Å². The maximum atomic E-state index is 12.1. The summed E-state index contributed by atoms with van der Waals surface area (Å²) in [5.41, 5.74) is 2.86. The molecule has 0 heterocycles. The van der Waals surface area contributed by atoms with Gasteiger partial charge in [-0.15, -0.1) is 0 Å². The maximum absolute atomic E-state index is 12.1. The Morgan fingerprint density at radius 2 is 1.67 bits per heavy atom. The molecule has 2 N–H and O–H groups in total. The molecular weight excluding hydrogens is 404 g/mol. The van der Waals surface area contributed by atoms with Gasteiger partial charge in [0.15, 0.2) is 0 Å². The van der Waals surface area contributed by atoms with Crippen LogP contribution >= 0.6 is 15.9 Å². The van der Waals surface area contributed by atoms with Crippen molar-refractivity contribution >= 4 is 33.2 Å². The number of hydrogen-bond donors (Lipinski definition) is 2. The van der Waals surface area contributed by atoms with Gasteiger partial charge in [-0.05, 0) is 42.0 Å². The zero-order valence-electron chi connectivity index (χ0n) is 14.8. The standard InChI is InChI=1S/C22H21BrN2O2/c23-18-9-11-19(12-10-18)25-22(26)16-24-20-7-4-8-21(15-20)27-14-13-17-5-2-1-3-6-17/h1-12,15,24H,13-14,16H2,(H,25,26). The van der Waals surface area contributed by atoms with Gasteiger partial charge in [0.05, 0.1) is 13.2 Å². The molecule has 0 spiro atoms. The van der Waals surface area contributed by atoms with Crippen molar-refractivity contribution in [1.82, 2.24) is 0 Å². The molecule has 0 atom stereocenters. The van der Waals surface area contributed by atoms with Crippen LogP contribution in [0.2, 0.25) is 0 Å². The molecule has 0 aliphatic carbocycles. The molecule has 1 amide bonds. The molecule has 0 aromatic heterocycles. The van der Waals surface area contributed by atoms with Crippen LogP contribution in [0.25, 0.3) is 0 Å². The molecule has 0 aliphatic heterocycles. The molecule has 3 aromatic carbocycles. The van der Waals surface area contributed by atoms with Gasteiger partial charge in [0.1, 0.15) is 5.75 Å². The number of anilines is 2. The Labute approximate surface area is 167 Å². The second-order valence-corrected chi connectivity index (χ2v) is 6.94. The minimum Gasteiger partial charge on any atom is -0.493 e. The fourth-order valence-corrected chi connectivity index (χ4v) is 2.81. The predicted octanol–water partition coefficient (Wildman–Crippen LogP) is 5.12. The van der Waals surface area contributed by atoms with Crippen LogP contribution in [0.1, 0.15) is 5.56 Å². The fraction of sp³-hybridized carbons (Fsp3) is 0.136. The molecule has 27 heavy (non-hydrogen) atoms. The SMILES string of the molecule is O=C(CNc1cccc(OCCc2ccccc2)c1)Nc1ccc(Br)cc1. The molecule has 5 heteroatoms. The van der Waals surface area contributed by atoms with E-state index >= 15 is 0 Å². The number of hydrogen-bond acceptors (Lipinski definition) is 3. The Balaban J connectivity index is 1.45. The first-order valence-electron chi connectivity index (χ1n) is 8.75. The van der Waals surface area contributed by atoms with E-state index in [-0.39, 0.29) is 12.5 Å². The van der Waals surface area contributed by atoms with E-state index in [4.69, 9.17) is 4.74 Å². The monoisotopic (exact) mass is 424 g/mol. The molecule has 0 bridgehead atoms. The smallest absolute Gasteiger partial charge is 0.243 e. The second-order valence-electron chi connectivity index (χ2n) is 6.02. The number of rotatable bonds is 8. The summed E-state index contributed by atoms with van der Waals surface area (Å²) < 4.78 is 6.79. The Hall–Kier alpha value is -2.79. The van der Waals surface area contributed by atoms with Crippen LogP contribution in [0.3, 0.4) is 0 Å². The average molecular weight is 425 g/mol. The first kappa shape index (κ1) is 19.0. The van der Waals surface area contributed by atoms with Crippen LogP contribution in [-0.4, -0.2) is 19.1 Å². The van der Waals surface area contributed by atoms with E-state index in [1.165, 1.54) is 5.56 Å². The molecule has 0 unspecified atom stereocenters. The van der Waals surface area contributed by atoms with Gasteiger partial charge in [0.25, 0.3) is 0 Å². The number of ether oxygens (including phenoxy) is 1. The van der Waals surface area contributed by atoms with E-state index < -0.39 is 0 Å². The summed E-state index contributed by atoms with van der Waals surface area (Å²) in [6, 6.07) is 25.4. The minimum atomic E-state index is -0.104. The Morgan fingerprint density at radius 1 is 0.889 bits per heavy atom. The van der Waals surface area contributed by atoms with Gasteiger partial charge >= 0.3 is 0 Å². The Morgan fingerprint density at radius 3 is 2.44 bits per heavy atom. The average Bonchev–Trinajstić information content (AvgIpc) is 2.69. The zero-order valence-corrected chi connectivity index (χ0v) is 16.4. The van der Waals surface area contributed by atoms with Crippen molar-refractivity contribution in [3.8, 4) is 5.75 Å². The number of halogens is 1. The number of nitrogens with one attached hydrogen (secondary N) is 2. The first-order chi connectivity index (χ1) is 13.2. The highest BCUT2D eigenvalue weighted by molar-refractivity contribution is 9.10. The molecule has 0 aliphatic rings. The second kappa shape index (κ2) is 9.78. The first-order valence-corrected chi connectivity index (χ1v) is 9.54. The van der Waals surface area contributed by atoms with Crippen LogP contribution in [0, 0.1) is 0 Å². The number of amides is 1. The highest BCUT2D eigenvalue weighted by Gasteiger charge is 2.03. The summed E-state index contributed by atoms with van der Waals surface area (Å²) in [5.74, 6) is 0.678. The van der Waals surface area contributed by atoms with Crippen molar-refractivity contribution in [2.75, 3.05) is 23.8 Å². The molecule has 138 valence electrons. The summed E-state index contributed by atoms with van der Waals surface area (Å²) in [5, 5.41) is 5.98. The molecule has 0 radical (unpaired) electrons. The lowest BCUT2D eigenvalue weighted by Crippen LogP contribution is -2.21. The van der Waals surface area contributed by atoms with Crippen molar-refractivity contribution < 1.29 is 9.53 Å². The molecule has 4 nitrogen and oxygen atoms in total.